The van der Waals surface area contributed by atoms with Crippen molar-refractivity contribution in [3.05, 3.63) is 65.5 Å². The van der Waals surface area contributed by atoms with E-state index in [2.05, 4.69) is 4.90 Å². The zero-order valence-corrected chi connectivity index (χ0v) is 15.1. The number of anilines is 1. The van der Waals surface area contributed by atoms with Crippen LogP contribution in [0.3, 0.4) is 0 Å². The Bertz CT molecular complexity index is 790. The zero-order chi connectivity index (χ0) is 18.6. The molecule has 142 valence electrons. The van der Waals surface area contributed by atoms with Gasteiger partial charge in [0.25, 0.3) is 5.91 Å². The van der Waals surface area contributed by atoms with E-state index in [1.807, 2.05) is 29.2 Å². The number of hydrogen-bond donors (Lipinski definition) is 0. The first kappa shape index (κ1) is 17.9. The van der Waals surface area contributed by atoms with Gasteiger partial charge in [0.15, 0.2) is 0 Å². The van der Waals surface area contributed by atoms with Gasteiger partial charge in [0.1, 0.15) is 11.9 Å². The van der Waals surface area contributed by atoms with Crippen LogP contribution in [-0.4, -0.2) is 56.8 Å². The highest BCUT2D eigenvalue weighted by Crippen LogP contribution is 2.27. The van der Waals surface area contributed by atoms with Crippen molar-refractivity contribution in [1.82, 2.24) is 4.90 Å². The zero-order valence-electron chi connectivity index (χ0n) is 15.1. The molecule has 2 heterocycles. The number of rotatable bonds is 3. The normalized spacial score (nSPS) is 20.6. The molecule has 2 aliphatic rings. The minimum absolute atomic E-state index is 0.00695. The number of halogens is 1. The molecule has 0 radical (unpaired) electrons. The molecule has 0 N–H and O–H groups in total. The minimum Gasteiger partial charge on any atom is -0.378 e. The predicted octanol–water partition coefficient (Wildman–Crippen LogP) is 2.88. The predicted molar refractivity (Wildman–Crippen MR) is 100 cm³/mol. The number of hydrogen-bond acceptors (Lipinski definition) is 4. The van der Waals surface area contributed by atoms with Gasteiger partial charge in [-0.15, -0.1) is 0 Å². The van der Waals surface area contributed by atoms with Crippen molar-refractivity contribution in [2.75, 3.05) is 50.9 Å². The maximum absolute atomic E-state index is 13.2. The number of amides is 1. The quantitative estimate of drug-likeness (QED) is 0.833. The van der Waals surface area contributed by atoms with Gasteiger partial charge in [-0.3, -0.25) is 4.79 Å². The van der Waals surface area contributed by atoms with Gasteiger partial charge in [0.05, 0.1) is 31.9 Å². The van der Waals surface area contributed by atoms with E-state index in [1.54, 1.807) is 12.1 Å². The summed E-state index contributed by atoms with van der Waals surface area (Å²) < 4.78 is 24.4. The standard InChI is InChI=1S/C21H23FN2O3/c22-17-7-5-16(6-8-17)20-15-24(11-14-27-20)21(25)18-3-1-2-4-19(18)23-9-12-26-13-10-23/h1-8,20H,9-15H2. The first-order chi connectivity index (χ1) is 13.2. The summed E-state index contributed by atoms with van der Waals surface area (Å²) in [6.45, 7) is 4.39. The van der Waals surface area contributed by atoms with Crippen molar-refractivity contribution in [2.45, 2.75) is 6.10 Å². The number of ether oxygens (including phenoxy) is 2. The molecule has 2 saturated heterocycles. The van der Waals surface area contributed by atoms with E-state index in [0.717, 1.165) is 24.3 Å². The maximum Gasteiger partial charge on any atom is 0.256 e. The molecule has 5 nitrogen and oxygen atoms in total. The van der Waals surface area contributed by atoms with E-state index < -0.39 is 0 Å². The lowest BCUT2D eigenvalue weighted by Crippen LogP contribution is -2.43. The van der Waals surface area contributed by atoms with E-state index in [-0.39, 0.29) is 17.8 Å². The number of para-hydroxylation sites is 1. The summed E-state index contributed by atoms with van der Waals surface area (Å²) >= 11 is 0. The number of nitrogens with zero attached hydrogens (tertiary/aromatic N) is 2. The molecule has 1 amide bonds. The third-order valence-electron chi connectivity index (χ3n) is 5.08. The SMILES string of the molecule is O=C(c1ccccc1N1CCOCC1)N1CCOC(c2ccc(F)cc2)C1. The van der Waals surface area contributed by atoms with Crippen LogP contribution in [0.2, 0.25) is 0 Å². The maximum atomic E-state index is 13.2. The molecule has 0 bridgehead atoms. The van der Waals surface area contributed by atoms with E-state index in [0.29, 0.717) is 38.5 Å². The lowest BCUT2D eigenvalue weighted by atomic mass is 10.1. The summed E-state index contributed by atoms with van der Waals surface area (Å²) in [5.74, 6) is -0.269. The van der Waals surface area contributed by atoms with Crippen molar-refractivity contribution in [3.8, 4) is 0 Å². The average Bonchev–Trinajstić information content (AvgIpc) is 2.74. The molecule has 0 aromatic heterocycles. The summed E-state index contributed by atoms with van der Waals surface area (Å²) in [5.41, 5.74) is 2.55. The van der Waals surface area contributed by atoms with Crippen molar-refractivity contribution in [2.24, 2.45) is 0 Å². The highest BCUT2D eigenvalue weighted by Gasteiger charge is 2.28. The average molecular weight is 370 g/mol. The van der Waals surface area contributed by atoms with Gasteiger partial charge in [0.2, 0.25) is 0 Å². The monoisotopic (exact) mass is 370 g/mol. The third kappa shape index (κ3) is 3.96. The second-order valence-corrected chi connectivity index (χ2v) is 6.78. The smallest absolute Gasteiger partial charge is 0.256 e. The van der Waals surface area contributed by atoms with Gasteiger partial charge >= 0.3 is 0 Å². The van der Waals surface area contributed by atoms with Gasteiger partial charge in [-0.2, -0.15) is 0 Å². The van der Waals surface area contributed by atoms with Crippen molar-refractivity contribution in [1.29, 1.82) is 0 Å². The summed E-state index contributed by atoms with van der Waals surface area (Å²) in [4.78, 5) is 17.3. The summed E-state index contributed by atoms with van der Waals surface area (Å²) in [5, 5.41) is 0. The Hall–Kier alpha value is -2.44. The van der Waals surface area contributed by atoms with Gasteiger partial charge in [-0.05, 0) is 29.8 Å². The van der Waals surface area contributed by atoms with Crippen LogP contribution in [0.1, 0.15) is 22.0 Å². The van der Waals surface area contributed by atoms with Crippen LogP contribution in [0, 0.1) is 5.82 Å². The molecule has 2 aliphatic heterocycles. The highest BCUT2D eigenvalue weighted by molar-refractivity contribution is 6.00. The molecule has 2 fully saturated rings. The topological polar surface area (TPSA) is 42.0 Å². The Labute approximate surface area is 158 Å². The molecule has 27 heavy (non-hydrogen) atoms. The van der Waals surface area contributed by atoms with Crippen LogP contribution < -0.4 is 4.90 Å². The van der Waals surface area contributed by atoms with Gasteiger partial charge in [0, 0.05) is 25.3 Å². The van der Waals surface area contributed by atoms with Gasteiger partial charge in [-0.25, -0.2) is 4.39 Å². The van der Waals surface area contributed by atoms with Gasteiger partial charge < -0.3 is 19.3 Å². The fourth-order valence-electron chi connectivity index (χ4n) is 3.62. The lowest BCUT2D eigenvalue weighted by Gasteiger charge is -2.35. The van der Waals surface area contributed by atoms with Crippen LogP contribution in [0.4, 0.5) is 10.1 Å². The van der Waals surface area contributed by atoms with Crippen LogP contribution in [0.15, 0.2) is 48.5 Å². The third-order valence-corrected chi connectivity index (χ3v) is 5.08. The second-order valence-electron chi connectivity index (χ2n) is 6.78. The Kier molecular flexibility index (Phi) is 5.36. The molecule has 2 aromatic carbocycles. The fraction of sp³-hybridized carbons (Fsp3) is 0.381. The van der Waals surface area contributed by atoms with E-state index in [9.17, 15) is 9.18 Å². The largest absolute Gasteiger partial charge is 0.378 e. The molecule has 0 spiro atoms. The lowest BCUT2D eigenvalue weighted by molar-refractivity contribution is -0.0228. The number of carbonyl (C=O) groups excluding carboxylic acids is 1. The van der Waals surface area contributed by atoms with E-state index in [4.69, 9.17) is 9.47 Å². The van der Waals surface area contributed by atoms with Gasteiger partial charge in [-0.1, -0.05) is 24.3 Å². The fourth-order valence-corrected chi connectivity index (χ4v) is 3.62. The Balaban J connectivity index is 1.53. The van der Waals surface area contributed by atoms with Crippen LogP contribution in [0.25, 0.3) is 0 Å². The number of morpholine rings is 2. The molecular weight excluding hydrogens is 347 g/mol. The Morgan fingerprint density at radius 2 is 1.70 bits per heavy atom. The van der Waals surface area contributed by atoms with E-state index >= 15 is 0 Å². The Morgan fingerprint density at radius 1 is 0.963 bits per heavy atom. The molecule has 2 aromatic rings. The summed E-state index contributed by atoms with van der Waals surface area (Å²) in [7, 11) is 0. The molecule has 0 aliphatic carbocycles. The molecule has 1 atom stereocenters. The first-order valence-corrected chi connectivity index (χ1v) is 9.30. The Morgan fingerprint density at radius 3 is 2.48 bits per heavy atom. The molecule has 4 rings (SSSR count). The molecule has 1 unspecified atom stereocenters. The first-order valence-electron chi connectivity index (χ1n) is 9.30. The number of carbonyl (C=O) groups is 1. The van der Waals surface area contributed by atoms with Crippen LogP contribution in [-0.2, 0) is 9.47 Å². The minimum atomic E-state index is -0.276. The second kappa shape index (κ2) is 8.06. The van der Waals surface area contributed by atoms with Crippen LogP contribution in [0.5, 0.6) is 0 Å². The van der Waals surface area contributed by atoms with E-state index in [1.165, 1.54) is 12.1 Å². The van der Waals surface area contributed by atoms with Crippen molar-refractivity contribution in [3.63, 3.8) is 0 Å². The van der Waals surface area contributed by atoms with Crippen molar-refractivity contribution >= 4 is 11.6 Å². The molecular formula is C21H23FN2O3. The number of benzene rings is 2. The molecule has 0 saturated carbocycles. The van der Waals surface area contributed by atoms with Crippen LogP contribution >= 0.6 is 0 Å². The highest BCUT2D eigenvalue weighted by atomic mass is 19.1. The molecule has 6 heteroatoms. The summed E-state index contributed by atoms with van der Waals surface area (Å²) in [6.07, 6.45) is -0.237. The van der Waals surface area contributed by atoms with Crippen molar-refractivity contribution < 1.29 is 18.7 Å². The summed E-state index contributed by atoms with van der Waals surface area (Å²) in [6, 6.07) is 14.0.